The highest BCUT2D eigenvalue weighted by molar-refractivity contribution is 5.80. The number of unbranched alkanes of at least 4 members (excludes halogenated alkanes) is 1. The number of hydrogen-bond acceptors (Lipinski definition) is 4. The molecule has 0 spiro atoms. The molecular formula is C30H32N6O. The van der Waals surface area contributed by atoms with E-state index in [2.05, 4.69) is 89.9 Å². The lowest BCUT2D eigenvalue weighted by Gasteiger charge is -2.12. The fourth-order valence-electron chi connectivity index (χ4n) is 4.97. The lowest BCUT2D eigenvalue weighted by Crippen LogP contribution is -2.25. The molecule has 7 nitrogen and oxygen atoms in total. The molecule has 2 heterocycles. The van der Waals surface area contributed by atoms with Gasteiger partial charge in [-0.25, -0.2) is 4.79 Å². The maximum atomic E-state index is 13.9. The van der Waals surface area contributed by atoms with Gasteiger partial charge in [0, 0.05) is 17.5 Å². The van der Waals surface area contributed by atoms with Crippen LogP contribution >= 0.6 is 0 Å². The number of rotatable bonds is 9. The van der Waals surface area contributed by atoms with Crippen LogP contribution in [0.1, 0.15) is 49.1 Å². The zero-order valence-electron chi connectivity index (χ0n) is 21.6. The summed E-state index contributed by atoms with van der Waals surface area (Å²) in [7, 11) is 0. The Kier molecular flexibility index (Phi) is 7.12. The van der Waals surface area contributed by atoms with Gasteiger partial charge >= 0.3 is 5.69 Å². The number of H-pyrrole nitrogens is 1. The van der Waals surface area contributed by atoms with Gasteiger partial charge in [-0.15, -0.1) is 10.2 Å². The van der Waals surface area contributed by atoms with Crippen LogP contribution in [0.4, 0.5) is 0 Å². The zero-order chi connectivity index (χ0) is 25.8. The van der Waals surface area contributed by atoms with E-state index < -0.39 is 0 Å². The molecule has 2 aromatic heterocycles. The van der Waals surface area contributed by atoms with Crippen LogP contribution in [0.15, 0.2) is 77.7 Å². The summed E-state index contributed by atoms with van der Waals surface area (Å²) in [6.07, 6.45) is 5.86. The van der Waals surface area contributed by atoms with E-state index in [1.807, 2.05) is 33.5 Å². The number of nitrogens with one attached hydrogen (secondary N) is 1. The first kappa shape index (κ1) is 24.4. The van der Waals surface area contributed by atoms with Crippen LogP contribution in [0.3, 0.4) is 0 Å². The Balaban J connectivity index is 1.61. The molecule has 0 unspecified atom stereocenters. The van der Waals surface area contributed by atoms with Crippen molar-refractivity contribution in [3.8, 4) is 28.2 Å². The summed E-state index contributed by atoms with van der Waals surface area (Å²) in [6.45, 7) is 6.85. The normalized spacial score (nSPS) is 11.2. The molecule has 7 heteroatoms. The molecule has 0 saturated carbocycles. The quantitative estimate of drug-likeness (QED) is 0.284. The van der Waals surface area contributed by atoms with Crippen molar-refractivity contribution in [1.29, 1.82) is 0 Å². The van der Waals surface area contributed by atoms with E-state index in [9.17, 15) is 4.79 Å². The highest BCUT2D eigenvalue weighted by atomic mass is 16.1. The van der Waals surface area contributed by atoms with Crippen molar-refractivity contribution >= 4 is 0 Å². The van der Waals surface area contributed by atoms with Crippen LogP contribution < -0.4 is 5.69 Å². The van der Waals surface area contributed by atoms with Gasteiger partial charge in [-0.3, -0.25) is 9.13 Å². The molecule has 0 radical (unpaired) electrons. The number of imidazole rings is 1. The number of benzene rings is 3. The Hall–Kier alpha value is -4.26. The smallest absolute Gasteiger partial charge is 0.292 e. The Morgan fingerprint density at radius 1 is 0.946 bits per heavy atom. The van der Waals surface area contributed by atoms with Crippen molar-refractivity contribution < 1.29 is 0 Å². The fourth-order valence-corrected chi connectivity index (χ4v) is 4.97. The van der Waals surface area contributed by atoms with Gasteiger partial charge in [0.25, 0.3) is 0 Å². The topological polar surface area (TPSA) is 81.4 Å². The van der Waals surface area contributed by atoms with Gasteiger partial charge in [0.1, 0.15) is 0 Å². The second-order valence-electron chi connectivity index (χ2n) is 9.38. The lowest BCUT2D eigenvalue weighted by molar-refractivity contribution is 0.673. The van der Waals surface area contributed by atoms with Gasteiger partial charge in [-0.1, -0.05) is 80.9 Å². The molecule has 3 aromatic carbocycles. The average molecular weight is 493 g/mol. The minimum Gasteiger partial charge on any atom is -0.292 e. The average Bonchev–Trinajstić information content (AvgIpc) is 3.57. The molecule has 37 heavy (non-hydrogen) atoms. The standard InChI is InChI=1S/C30H32N6O/c1-4-6-15-25-20-36(28-21(3)11-10-14-23(28)5-2)30(37)35(25)19-22-16-17-26(24-12-8-7-9-13-24)27(18-22)29-31-33-34-32-29/h7-14,16-18,20H,4-6,15,19H2,1-3H3,(H,31,32,33,34). The fraction of sp³-hybridized carbons (Fsp3) is 0.267. The van der Waals surface area contributed by atoms with Crippen molar-refractivity contribution in [3.63, 3.8) is 0 Å². The molecular weight excluding hydrogens is 460 g/mol. The molecule has 1 N–H and O–H groups in total. The third-order valence-electron chi connectivity index (χ3n) is 6.89. The van der Waals surface area contributed by atoms with Gasteiger partial charge in [-0.05, 0) is 65.3 Å². The first-order chi connectivity index (χ1) is 18.1. The summed E-state index contributed by atoms with van der Waals surface area (Å²) >= 11 is 0. The summed E-state index contributed by atoms with van der Waals surface area (Å²) in [5, 5.41) is 14.8. The van der Waals surface area contributed by atoms with Crippen molar-refractivity contribution in [3.05, 3.63) is 106 Å². The summed E-state index contributed by atoms with van der Waals surface area (Å²) < 4.78 is 3.76. The Morgan fingerprint density at radius 3 is 2.51 bits per heavy atom. The molecule has 5 aromatic rings. The lowest BCUT2D eigenvalue weighted by atomic mass is 9.97. The maximum Gasteiger partial charge on any atom is 0.333 e. The molecule has 0 saturated heterocycles. The minimum absolute atomic E-state index is 0.0108. The second-order valence-corrected chi connectivity index (χ2v) is 9.38. The van der Waals surface area contributed by atoms with Crippen LogP contribution in [0, 0.1) is 6.92 Å². The van der Waals surface area contributed by atoms with Gasteiger partial charge in [0.05, 0.1) is 12.2 Å². The summed E-state index contributed by atoms with van der Waals surface area (Å²) in [5.74, 6) is 0.532. The van der Waals surface area contributed by atoms with Crippen molar-refractivity contribution in [2.24, 2.45) is 0 Å². The SMILES string of the molecule is CCCCc1cn(-c2c(C)cccc2CC)c(=O)n1Cc1ccc(-c2ccccc2)c(-c2nn[nH]n2)c1. The first-order valence-corrected chi connectivity index (χ1v) is 12.9. The van der Waals surface area contributed by atoms with Crippen molar-refractivity contribution in [1.82, 2.24) is 29.8 Å². The molecule has 0 bridgehead atoms. The van der Waals surface area contributed by atoms with E-state index in [4.69, 9.17) is 0 Å². The van der Waals surface area contributed by atoms with E-state index in [1.54, 1.807) is 0 Å². The maximum absolute atomic E-state index is 13.9. The van der Waals surface area contributed by atoms with E-state index in [-0.39, 0.29) is 5.69 Å². The molecule has 0 aliphatic carbocycles. The number of aromatic amines is 1. The molecule has 5 rings (SSSR count). The molecule has 0 aliphatic heterocycles. The van der Waals surface area contributed by atoms with Crippen LogP contribution in [-0.2, 0) is 19.4 Å². The second kappa shape index (κ2) is 10.8. The monoisotopic (exact) mass is 492 g/mol. The zero-order valence-corrected chi connectivity index (χ0v) is 21.6. The predicted molar refractivity (Wildman–Crippen MR) is 147 cm³/mol. The molecule has 0 atom stereocenters. The number of para-hydroxylation sites is 1. The highest BCUT2D eigenvalue weighted by Crippen LogP contribution is 2.31. The van der Waals surface area contributed by atoms with Gasteiger partial charge < -0.3 is 0 Å². The predicted octanol–water partition coefficient (Wildman–Crippen LogP) is 5.75. The van der Waals surface area contributed by atoms with Crippen molar-refractivity contribution in [2.45, 2.75) is 53.0 Å². The Morgan fingerprint density at radius 2 is 1.78 bits per heavy atom. The van der Waals surface area contributed by atoms with Crippen molar-refractivity contribution in [2.75, 3.05) is 0 Å². The van der Waals surface area contributed by atoms with Gasteiger partial charge in [0.2, 0.25) is 5.82 Å². The summed E-state index contributed by atoms with van der Waals surface area (Å²) in [4.78, 5) is 13.9. The van der Waals surface area contributed by atoms with Crippen LogP contribution in [0.5, 0.6) is 0 Å². The third kappa shape index (κ3) is 4.89. The van der Waals surface area contributed by atoms with Crippen LogP contribution in [0.2, 0.25) is 0 Å². The summed E-state index contributed by atoms with van der Waals surface area (Å²) in [5.41, 5.74) is 8.30. The largest absolute Gasteiger partial charge is 0.333 e. The van der Waals surface area contributed by atoms with E-state index >= 15 is 0 Å². The number of aromatic nitrogens is 6. The van der Waals surface area contributed by atoms with Crippen LogP contribution in [0.25, 0.3) is 28.2 Å². The highest BCUT2D eigenvalue weighted by Gasteiger charge is 2.18. The molecule has 0 amide bonds. The van der Waals surface area contributed by atoms with E-state index in [0.717, 1.165) is 64.9 Å². The number of hydrogen-bond donors (Lipinski definition) is 1. The van der Waals surface area contributed by atoms with Gasteiger partial charge in [-0.2, -0.15) is 5.21 Å². The number of aryl methyl sites for hydroxylation is 3. The molecule has 188 valence electrons. The number of tetrazole rings is 1. The Bertz CT molecular complexity index is 1550. The van der Waals surface area contributed by atoms with Gasteiger partial charge in [0.15, 0.2) is 0 Å². The Labute approximate surface area is 216 Å². The van der Waals surface area contributed by atoms with E-state index in [0.29, 0.717) is 12.4 Å². The minimum atomic E-state index is -0.0108. The van der Waals surface area contributed by atoms with Crippen LogP contribution in [-0.4, -0.2) is 29.8 Å². The molecule has 0 fully saturated rings. The third-order valence-corrected chi connectivity index (χ3v) is 6.89. The molecule has 0 aliphatic rings. The van der Waals surface area contributed by atoms with E-state index in [1.165, 1.54) is 5.56 Å². The summed E-state index contributed by atoms with van der Waals surface area (Å²) in [6, 6.07) is 22.7. The first-order valence-electron chi connectivity index (χ1n) is 12.9. The number of nitrogens with zero attached hydrogens (tertiary/aromatic N) is 5.